The Kier molecular flexibility index (Phi) is 9.83. The Hall–Kier alpha value is -4.43. The number of carbonyl (C=O) groups is 1. The van der Waals surface area contributed by atoms with Crippen LogP contribution < -0.4 is 14.5 Å². The fourth-order valence-electron chi connectivity index (χ4n) is 6.79. The van der Waals surface area contributed by atoms with E-state index in [0.29, 0.717) is 50.4 Å². The van der Waals surface area contributed by atoms with Gasteiger partial charge in [0.1, 0.15) is 24.8 Å². The van der Waals surface area contributed by atoms with Crippen molar-refractivity contribution in [1.29, 1.82) is 5.26 Å². The second kappa shape index (κ2) is 14.3. The van der Waals surface area contributed by atoms with E-state index < -0.39 is 6.09 Å². The molecule has 2 fully saturated rings. The molecule has 0 unspecified atom stereocenters. The van der Waals surface area contributed by atoms with Crippen LogP contribution in [-0.4, -0.2) is 84.3 Å². The molecule has 2 atom stereocenters. The van der Waals surface area contributed by atoms with E-state index in [9.17, 15) is 14.4 Å². The molecular formula is C35H42FN7O3. The standard InChI is InChI=1S/C35H42FN7O3/c1-25-30(36)13-6-14-32(25)41-18-8-12-29-31(22-41)38-34(45-24-28-11-7-17-40(28)2)39-33(29)42-19-20-43(27(21-42)15-16-37)35(44)46-23-26-9-4-3-5-10-26/h3-6,9-10,13-14,27-28H,7-8,11-12,15,17-24H2,1-2H3/t27-,28-/m0/s1. The largest absolute Gasteiger partial charge is 0.462 e. The Bertz CT molecular complexity index is 1570. The van der Waals surface area contributed by atoms with Crippen LogP contribution in [0.15, 0.2) is 48.5 Å². The number of piperazine rings is 1. The Balaban J connectivity index is 1.26. The van der Waals surface area contributed by atoms with E-state index in [0.717, 1.165) is 67.1 Å². The number of nitriles is 1. The van der Waals surface area contributed by atoms with Crippen LogP contribution in [-0.2, 0) is 24.3 Å². The molecule has 3 aliphatic rings. The summed E-state index contributed by atoms with van der Waals surface area (Å²) in [6, 6.07) is 17.3. The van der Waals surface area contributed by atoms with Crippen molar-refractivity contribution in [3.8, 4) is 12.1 Å². The topological polar surface area (TPSA) is 98.1 Å². The monoisotopic (exact) mass is 627 g/mol. The van der Waals surface area contributed by atoms with Crippen LogP contribution in [0.3, 0.4) is 0 Å². The molecule has 3 aromatic rings. The summed E-state index contributed by atoms with van der Waals surface area (Å²) in [4.78, 5) is 31.4. The number of likely N-dealkylation sites (tertiary alicyclic amines) is 1. The number of hydrogen-bond acceptors (Lipinski definition) is 9. The summed E-state index contributed by atoms with van der Waals surface area (Å²) in [5.74, 6) is 0.566. The van der Waals surface area contributed by atoms with Gasteiger partial charge in [-0.1, -0.05) is 36.4 Å². The third kappa shape index (κ3) is 7.02. The minimum Gasteiger partial charge on any atom is -0.462 e. The number of nitrogens with zero attached hydrogens (tertiary/aromatic N) is 7. The summed E-state index contributed by atoms with van der Waals surface area (Å²) in [6.07, 6.45) is 3.56. The third-order valence-electron chi connectivity index (χ3n) is 9.45. The summed E-state index contributed by atoms with van der Waals surface area (Å²) < 4.78 is 26.5. The van der Waals surface area contributed by atoms with Crippen molar-refractivity contribution >= 4 is 17.6 Å². The zero-order chi connectivity index (χ0) is 32.0. The first-order valence-corrected chi connectivity index (χ1v) is 16.2. The molecule has 0 radical (unpaired) electrons. The fourth-order valence-corrected chi connectivity index (χ4v) is 6.79. The lowest BCUT2D eigenvalue weighted by molar-refractivity contribution is 0.0767. The molecule has 10 nitrogen and oxygen atoms in total. The van der Waals surface area contributed by atoms with Gasteiger partial charge in [0.05, 0.1) is 30.8 Å². The van der Waals surface area contributed by atoms with Crippen molar-refractivity contribution < 1.29 is 18.7 Å². The smallest absolute Gasteiger partial charge is 0.410 e. The van der Waals surface area contributed by atoms with Crippen LogP contribution in [0.2, 0.25) is 0 Å². The van der Waals surface area contributed by atoms with E-state index in [1.807, 2.05) is 43.3 Å². The molecular weight excluding hydrogens is 585 g/mol. The summed E-state index contributed by atoms with van der Waals surface area (Å²) in [5, 5.41) is 9.70. The molecule has 46 heavy (non-hydrogen) atoms. The van der Waals surface area contributed by atoms with Crippen LogP contribution in [0, 0.1) is 24.1 Å². The highest BCUT2D eigenvalue weighted by Gasteiger charge is 2.34. The summed E-state index contributed by atoms with van der Waals surface area (Å²) in [5.41, 5.74) is 4.30. The van der Waals surface area contributed by atoms with Gasteiger partial charge in [-0.05, 0) is 63.9 Å². The van der Waals surface area contributed by atoms with Gasteiger partial charge in [-0.3, -0.25) is 0 Å². The van der Waals surface area contributed by atoms with Gasteiger partial charge in [-0.2, -0.15) is 15.2 Å². The zero-order valence-corrected chi connectivity index (χ0v) is 26.7. The maximum atomic E-state index is 14.6. The first kappa shape index (κ1) is 31.5. The number of aromatic nitrogens is 2. The number of amides is 1. The van der Waals surface area contributed by atoms with E-state index in [-0.39, 0.29) is 24.9 Å². The maximum absolute atomic E-state index is 14.6. The second-order valence-corrected chi connectivity index (χ2v) is 12.4. The van der Waals surface area contributed by atoms with Crippen molar-refractivity contribution in [2.24, 2.45) is 0 Å². The van der Waals surface area contributed by atoms with E-state index in [1.54, 1.807) is 11.0 Å². The van der Waals surface area contributed by atoms with Crippen molar-refractivity contribution in [2.75, 3.05) is 56.2 Å². The minimum absolute atomic E-state index is 0.175. The van der Waals surface area contributed by atoms with E-state index >= 15 is 0 Å². The lowest BCUT2D eigenvalue weighted by atomic mass is 10.1. The zero-order valence-electron chi connectivity index (χ0n) is 26.7. The molecule has 6 rings (SSSR count). The average Bonchev–Trinajstić information content (AvgIpc) is 3.36. The highest BCUT2D eigenvalue weighted by atomic mass is 19.1. The number of rotatable bonds is 8. The molecule has 0 spiro atoms. The molecule has 2 aromatic carbocycles. The second-order valence-electron chi connectivity index (χ2n) is 12.4. The third-order valence-corrected chi connectivity index (χ3v) is 9.45. The number of hydrogen-bond donors (Lipinski definition) is 0. The van der Waals surface area contributed by atoms with Crippen LogP contribution in [0.1, 0.15) is 48.1 Å². The van der Waals surface area contributed by atoms with Gasteiger partial charge in [-0.15, -0.1) is 0 Å². The van der Waals surface area contributed by atoms with Gasteiger partial charge in [0, 0.05) is 49.0 Å². The summed E-state index contributed by atoms with van der Waals surface area (Å²) in [6.45, 7) is 6.16. The fraction of sp³-hybridized carbons (Fsp3) is 0.486. The molecule has 11 heteroatoms. The van der Waals surface area contributed by atoms with Crippen LogP contribution in [0.4, 0.5) is 20.7 Å². The summed E-state index contributed by atoms with van der Waals surface area (Å²) >= 11 is 0. The van der Waals surface area contributed by atoms with Gasteiger partial charge in [0.2, 0.25) is 0 Å². The predicted octanol–water partition coefficient (Wildman–Crippen LogP) is 5.09. The highest BCUT2D eigenvalue weighted by Crippen LogP contribution is 2.33. The van der Waals surface area contributed by atoms with Crippen molar-refractivity contribution in [3.63, 3.8) is 0 Å². The normalized spacial score (nSPS) is 20.2. The first-order valence-electron chi connectivity index (χ1n) is 16.2. The molecule has 0 saturated carbocycles. The number of fused-ring (bicyclic) bond motifs is 1. The Morgan fingerprint density at radius 2 is 1.87 bits per heavy atom. The molecule has 3 aliphatic heterocycles. The lowest BCUT2D eigenvalue weighted by Gasteiger charge is -2.41. The molecule has 1 amide bonds. The van der Waals surface area contributed by atoms with Crippen LogP contribution in [0.25, 0.3) is 0 Å². The van der Waals surface area contributed by atoms with Gasteiger partial charge < -0.3 is 29.1 Å². The summed E-state index contributed by atoms with van der Waals surface area (Å²) in [7, 11) is 2.11. The van der Waals surface area contributed by atoms with Gasteiger partial charge >= 0.3 is 12.1 Å². The van der Waals surface area contributed by atoms with Crippen LogP contribution in [0.5, 0.6) is 6.01 Å². The van der Waals surface area contributed by atoms with E-state index in [2.05, 4.69) is 27.8 Å². The van der Waals surface area contributed by atoms with E-state index in [1.165, 1.54) is 6.07 Å². The first-order chi connectivity index (χ1) is 22.4. The molecule has 2 saturated heterocycles. The number of carbonyl (C=O) groups excluding carboxylic acids is 1. The molecule has 0 bridgehead atoms. The molecule has 0 aliphatic carbocycles. The quantitative estimate of drug-likeness (QED) is 0.338. The van der Waals surface area contributed by atoms with E-state index in [4.69, 9.17) is 19.4 Å². The van der Waals surface area contributed by atoms with Gasteiger partial charge in [0.15, 0.2) is 0 Å². The molecule has 4 heterocycles. The Morgan fingerprint density at radius 3 is 2.65 bits per heavy atom. The lowest BCUT2D eigenvalue weighted by Crippen LogP contribution is -2.55. The maximum Gasteiger partial charge on any atom is 0.410 e. The number of halogens is 1. The average molecular weight is 628 g/mol. The van der Waals surface area contributed by atoms with Crippen LogP contribution >= 0.6 is 0 Å². The van der Waals surface area contributed by atoms with Crippen molar-refractivity contribution in [1.82, 2.24) is 19.8 Å². The molecule has 242 valence electrons. The predicted molar refractivity (Wildman–Crippen MR) is 173 cm³/mol. The minimum atomic E-state index is -0.420. The van der Waals surface area contributed by atoms with Gasteiger partial charge in [0.25, 0.3) is 0 Å². The van der Waals surface area contributed by atoms with Gasteiger partial charge in [-0.25, -0.2) is 9.18 Å². The Labute approximate surface area is 270 Å². The van der Waals surface area contributed by atoms with Crippen molar-refractivity contribution in [2.45, 2.75) is 64.3 Å². The molecule has 0 N–H and O–H groups in total. The van der Waals surface area contributed by atoms with Crippen molar-refractivity contribution in [3.05, 3.63) is 76.7 Å². The molecule has 1 aromatic heterocycles. The highest BCUT2D eigenvalue weighted by molar-refractivity contribution is 5.69. The number of ether oxygens (including phenoxy) is 2. The SMILES string of the molecule is Cc1c(F)cccc1N1CCCc2c(nc(OC[C@@H]3CCCN3C)nc2N2CCN(C(=O)OCc3ccccc3)[C@@H](CC#N)C2)C1. The number of likely N-dealkylation sites (N-methyl/N-ethyl adjacent to an activating group) is 1. The Morgan fingerprint density at radius 1 is 1.02 bits per heavy atom. The number of benzene rings is 2. The number of anilines is 2.